The Labute approximate surface area is 107 Å². The van der Waals surface area contributed by atoms with E-state index in [9.17, 15) is 14.0 Å². The van der Waals surface area contributed by atoms with Crippen molar-refractivity contribution in [3.8, 4) is 5.69 Å². The van der Waals surface area contributed by atoms with Crippen LogP contribution in [0.15, 0.2) is 29.2 Å². The number of hydrogen-bond acceptors (Lipinski definition) is 3. The van der Waals surface area contributed by atoms with E-state index in [1.54, 1.807) is 13.0 Å². The predicted molar refractivity (Wildman–Crippen MR) is 66.2 cm³/mol. The third kappa shape index (κ3) is 2.37. The van der Waals surface area contributed by atoms with Gasteiger partial charge >= 0.3 is 5.97 Å². The fourth-order valence-corrected chi connectivity index (χ4v) is 1.67. The molecule has 0 aliphatic heterocycles. The highest BCUT2D eigenvalue weighted by Crippen LogP contribution is 2.14. The van der Waals surface area contributed by atoms with Crippen LogP contribution < -0.4 is 5.43 Å². The Morgan fingerprint density at radius 3 is 2.63 bits per heavy atom. The number of carbonyl (C=O) groups is 1. The first kappa shape index (κ1) is 12.9. The van der Waals surface area contributed by atoms with Crippen LogP contribution in [-0.4, -0.2) is 20.9 Å². The maximum absolute atomic E-state index is 13.8. The molecule has 19 heavy (non-hydrogen) atoms. The molecule has 0 aliphatic carbocycles. The fraction of sp³-hybridized carbons (Fsp3) is 0.154. The lowest BCUT2D eigenvalue weighted by molar-refractivity contribution is 0.0686. The Balaban J connectivity index is 2.70. The number of aromatic carboxylic acids is 1. The molecule has 1 aromatic heterocycles. The third-order valence-corrected chi connectivity index (χ3v) is 2.65. The van der Waals surface area contributed by atoms with Crippen molar-refractivity contribution >= 4 is 5.97 Å². The van der Waals surface area contributed by atoms with Crippen molar-refractivity contribution in [3.63, 3.8) is 0 Å². The molecule has 5 nitrogen and oxygen atoms in total. The van der Waals surface area contributed by atoms with Gasteiger partial charge in [0.15, 0.2) is 0 Å². The SMILES string of the molecule is Cc1ccc(-n2cc(C)c(=O)c(C(=O)O)n2)c(F)c1. The standard InChI is InChI=1S/C13H11FN2O3/c1-7-3-4-10(9(14)5-7)16-6-8(2)12(17)11(15-16)13(18)19/h3-6H,1-2H3,(H,18,19). The number of halogens is 1. The van der Waals surface area contributed by atoms with Crippen molar-refractivity contribution < 1.29 is 14.3 Å². The lowest BCUT2D eigenvalue weighted by atomic mass is 10.2. The molecule has 2 aromatic rings. The first-order valence-electron chi connectivity index (χ1n) is 5.50. The van der Waals surface area contributed by atoms with Gasteiger partial charge in [0.05, 0.1) is 0 Å². The van der Waals surface area contributed by atoms with Gasteiger partial charge in [-0.15, -0.1) is 0 Å². The van der Waals surface area contributed by atoms with Gasteiger partial charge in [0.25, 0.3) is 0 Å². The van der Waals surface area contributed by atoms with E-state index in [0.29, 0.717) is 0 Å². The van der Waals surface area contributed by atoms with Gasteiger partial charge in [-0.3, -0.25) is 4.79 Å². The topological polar surface area (TPSA) is 72.2 Å². The number of rotatable bonds is 2. The van der Waals surface area contributed by atoms with Crippen molar-refractivity contribution in [3.05, 3.63) is 57.3 Å². The number of nitrogens with zero attached hydrogens (tertiary/aromatic N) is 2. The largest absolute Gasteiger partial charge is 0.476 e. The molecule has 0 saturated heterocycles. The van der Waals surface area contributed by atoms with E-state index in [4.69, 9.17) is 5.11 Å². The Morgan fingerprint density at radius 1 is 1.37 bits per heavy atom. The molecule has 1 N–H and O–H groups in total. The molecule has 0 bridgehead atoms. The number of aryl methyl sites for hydroxylation is 2. The van der Waals surface area contributed by atoms with Crippen LogP contribution in [0.25, 0.3) is 5.69 Å². The minimum atomic E-state index is -1.44. The van der Waals surface area contributed by atoms with Gasteiger partial charge in [0.1, 0.15) is 11.5 Å². The smallest absolute Gasteiger partial charge is 0.360 e. The summed E-state index contributed by atoms with van der Waals surface area (Å²) in [6.07, 6.45) is 1.31. The molecule has 0 radical (unpaired) electrons. The van der Waals surface area contributed by atoms with Gasteiger partial charge in [-0.25, -0.2) is 13.9 Å². The summed E-state index contributed by atoms with van der Waals surface area (Å²) in [7, 11) is 0. The van der Waals surface area contributed by atoms with Gasteiger partial charge in [0.2, 0.25) is 11.1 Å². The summed E-state index contributed by atoms with van der Waals surface area (Å²) < 4.78 is 14.9. The highest BCUT2D eigenvalue weighted by molar-refractivity contribution is 5.85. The van der Waals surface area contributed by atoms with Gasteiger partial charge in [0, 0.05) is 11.8 Å². The monoisotopic (exact) mass is 262 g/mol. The number of hydrogen-bond donors (Lipinski definition) is 1. The Hall–Kier alpha value is -2.50. The van der Waals surface area contributed by atoms with Crippen LogP contribution >= 0.6 is 0 Å². The van der Waals surface area contributed by atoms with Crippen molar-refractivity contribution in [2.24, 2.45) is 0 Å². The molecule has 98 valence electrons. The van der Waals surface area contributed by atoms with Gasteiger partial charge in [-0.2, -0.15) is 5.10 Å². The molecular weight excluding hydrogens is 251 g/mol. The summed E-state index contributed by atoms with van der Waals surface area (Å²) in [6, 6.07) is 4.46. The van der Waals surface area contributed by atoms with Crippen LogP contribution in [0, 0.1) is 19.7 Å². The Kier molecular flexibility index (Phi) is 3.16. The summed E-state index contributed by atoms with van der Waals surface area (Å²) >= 11 is 0. The molecule has 1 heterocycles. The van der Waals surface area contributed by atoms with Crippen molar-refractivity contribution in [2.45, 2.75) is 13.8 Å². The summed E-state index contributed by atoms with van der Waals surface area (Å²) in [5.74, 6) is -1.97. The highest BCUT2D eigenvalue weighted by Gasteiger charge is 2.15. The van der Waals surface area contributed by atoms with E-state index in [1.807, 2.05) is 0 Å². The van der Waals surface area contributed by atoms with Crippen LogP contribution in [0.3, 0.4) is 0 Å². The average Bonchev–Trinajstić information content (AvgIpc) is 2.32. The second kappa shape index (κ2) is 4.64. The van der Waals surface area contributed by atoms with Crippen LogP contribution in [0.2, 0.25) is 0 Å². The third-order valence-electron chi connectivity index (χ3n) is 2.65. The number of carboxylic acid groups (broad SMARTS) is 1. The Morgan fingerprint density at radius 2 is 2.05 bits per heavy atom. The molecule has 0 atom stereocenters. The summed E-state index contributed by atoms with van der Waals surface area (Å²) in [4.78, 5) is 22.5. The molecular formula is C13H11FN2O3. The molecule has 0 spiro atoms. The molecule has 2 rings (SSSR count). The van der Waals surface area contributed by atoms with E-state index in [2.05, 4.69) is 5.10 Å². The van der Waals surface area contributed by atoms with E-state index < -0.39 is 22.9 Å². The zero-order valence-electron chi connectivity index (χ0n) is 10.3. The predicted octanol–water partition coefficient (Wildman–Crippen LogP) is 1.69. The first-order chi connectivity index (χ1) is 8.90. The number of benzene rings is 1. The van der Waals surface area contributed by atoms with E-state index in [-0.39, 0.29) is 11.3 Å². The van der Waals surface area contributed by atoms with Gasteiger partial charge < -0.3 is 5.11 Å². The van der Waals surface area contributed by atoms with E-state index in [0.717, 1.165) is 10.2 Å². The molecule has 0 amide bonds. The van der Waals surface area contributed by atoms with Gasteiger partial charge in [-0.05, 0) is 31.5 Å². The minimum Gasteiger partial charge on any atom is -0.476 e. The normalized spacial score (nSPS) is 10.5. The Bertz CT molecular complexity index is 722. The van der Waals surface area contributed by atoms with E-state index >= 15 is 0 Å². The number of carboxylic acids is 1. The first-order valence-corrected chi connectivity index (χ1v) is 5.50. The molecule has 0 saturated carbocycles. The van der Waals surface area contributed by atoms with Crippen LogP contribution in [-0.2, 0) is 0 Å². The van der Waals surface area contributed by atoms with Crippen molar-refractivity contribution in [1.29, 1.82) is 0 Å². The summed E-state index contributed by atoms with van der Waals surface area (Å²) in [5, 5.41) is 12.6. The zero-order valence-corrected chi connectivity index (χ0v) is 10.3. The molecule has 1 aromatic carbocycles. The average molecular weight is 262 g/mol. The maximum Gasteiger partial charge on any atom is 0.360 e. The lowest BCUT2D eigenvalue weighted by Crippen LogP contribution is -2.23. The summed E-state index contributed by atoms with van der Waals surface area (Å²) in [6.45, 7) is 3.19. The fourth-order valence-electron chi connectivity index (χ4n) is 1.67. The molecule has 0 fully saturated rings. The van der Waals surface area contributed by atoms with Crippen LogP contribution in [0.1, 0.15) is 21.6 Å². The van der Waals surface area contributed by atoms with Crippen LogP contribution in [0.4, 0.5) is 4.39 Å². The zero-order chi connectivity index (χ0) is 14.2. The minimum absolute atomic E-state index is 0.0937. The molecule has 6 heteroatoms. The number of aromatic nitrogens is 2. The van der Waals surface area contributed by atoms with E-state index in [1.165, 1.54) is 25.3 Å². The maximum atomic E-state index is 13.8. The van der Waals surface area contributed by atoms with Crippen LogP contribution in [0.5, 0.6) is 0 Å². The second-order valence-electron chi connectivity index (χ2n) is 4.19. The second-order valence-corrected chi connectivity index (χ2v) is 4.19. The summed E-state index contributed by atoms with van der Waals surface area (Å²) in [5.41, 5.74) is -0.280. The molecule has 0 unspecified atom stereocenters. The quantitative estimate of drug-likeness (QED) is 0.893. The highest BCUT2D eigenvalue weighted by atomic mass is 19.1. The van der Waals surface area contributed by atoms with Crippen molar-refractivity contribution in [2.75, 3.05) is 0 Å². The van der Waals surface area contributed by atoms with Gasteiger partial charge in [-0.1, -0.05) is 6.07 Å². The lowest BCUT2D eigenvalue weighted by Gasteiger charge is -2.09. The van der Waals surface area contributed by atoms with Crippen molar-refractivity contribution in [1.82, 2.24) is 9.78 Å². The molecule has 0 aliphatic rings.